The molecular weight excluding hydrogens is 404 g/mol. The Bertz CT molecular complexity index is 1110. The van der Waals surface area contributed by atoms with Gasteiger partial charge < -0.3 is 14.6 Å². The van der Waals surface area contributed by atoms with Crippen LogP contribution in [-0.4, -0.2) is 33.5 Å². The van der Waals surface area contributed by atoms with Gasteiger partial charge in [-0.25, -0.2) is 0 Å². The molecule has 1 aromatic heterocycles. The number of carbonyl (C=O) groups is 2. The van der Waals surface area contributed by atoms with Crippen LogP contribution in [0.25, 0.3) is 11.4 Å². The first kappa shape index (κ1) is 21.6. The van der Waals surface area contributed by atoms with Gasteiger partial charge in [0.2, 0.25) is 11.7 Å². The summed E-state index contributed by atoms with van der Waals surface area (Å²) in [6.45, 7) is 3.06. The van der Waals surface area contributed by atoms with Gasteiger partial charge in [0, 0.05) is 29.3 Å². The summed E-state index contributed by atoms with van der Waals surface area (Å²) in [5.41, 5.74) is 2.52. The molecule has 0 fully saturated rings. The van der Waals surface area contributed by atoms with Gasteiger partial charge in [0.05, 0.1) is 11.3 Å². The molecular formula is C21H20N4O6. The second-order valence-corrected chi connectivity index (χ2v) is 6.84. The van der Waals surface area contributed by atoms with Crippen molar-refractivity contribution in [2.24, 2.45) is 0 Å². The van der Waals surface area contributed by atoms with Crippen molar-refractivity contribution in [1.29, 1.82) is 0 Å². The molecule has 0 radical (unpaired) electrons. The summed E-state index contributed by atoms with van der Waals surface area (Å²) in [6.07, 6.45) is 0.127. The lowest BCUT2D eigenvalue weighted by atomic mass is 10.1. The number of ether oxygens (including phenoxy) is 1. The van der Waals surface area contributed by atoms with Crippen LogP contribution in [0.3, 0.4) is 0 Å². The molecule has 0 aliphatic heterocycles. The van der Waals surface area contributed by atoms with Crippen molar-refractivity contribution in [3.8, 4) is 11.4 Å². The summed E-state index contributed by atoms with van der Waals surface area (Å²) in [5.74, 6) is -0.509. The molecule has 10 nitrogen and oxygen atoms in total. The number of anilines is 1. The Morgan fingerprint density at radius 1 is 1.16 bits per heavy atom. The zero-order valence-electron chi connectivity index (χ0n) is 17.0. The zero-order chi connectivity index (χ0) is 22.4. The highest BCUT2D eigenvalue weighted by molar-refractivity contribution is 5.93. The van der Waals surface area contributed by atoms with Gasteiger partial charge in [-0.1, -0.05) is 41.1 Å². The van der Waals surface area contributed by atoms with E-state index in [1.807, 2.05) is 31.2 Å². The third kappa shape index (κ3) is 5.95. The topological polar surface area (TPSA) is 137 Å². The first-order chi connectivity index (χ1) is 14.8. The molecule has 1 heterocycles. The van der Waals surface area contributed by atoms with E-state index in [0.717, 1.165) is 11.1 Å². The van der Waals surface area contributed by atoms with Crippen LogP contribution < -0.4 is 5.32 Å². The van der Waals surface area contributed by atoms with Crippen LogP contribution in [0.1, 0.15) is 23.4 Å². The van der Waals surface area contributed by atoms with Crippen LogP contribution in [-0.2, 0) is 20.7 Å². The number of nitro benzene ring substituents is 1. The van der Waals surface area contributed by atoms with Crippen molar-refractivity contribution in [3.05, 3.63) is 69.6 Å². The standard InChI is InChI=1S/C21H20N4O6/c1-13-3-6-15(7-4-13)21-23-19(31-24-21)9-10-20(27)30-12-18(26)22-16-8-5-14(2)17(11-16)25(28)29/h3-8,11H,9-10,12H2,1-2H3,(H,22,26). The van der Waals surface area contributed by atoms with Gasteiger partial charge in [0.15, 0.2) is 6.61 Å². The van der Waals surface area contributed by atoms with Crippen LogP contribution in [0.5, 0.6) is 0 Å². The van der Waals surface area contributed by atoms with Gasteiger partial charge in [-0.05, 0) is 19.9 Å². The number of carbonyl (C=O) groups excluding carboxylic acids is 2. The molecule has 31 heavy (non-hydrogen) atoms. The first-order valence-corrected chi connectivity index (χ1v) is 9.42. The Morgan fingerprint density at radius 3 is 2.61 bits per heavy atom. The van der Waals surface area contributed by atoms with Crippen molar-refractivity contribution in [1.82, 2.24) is 10.1 Å². The Balaban J connectivity index is 1.45. The molecule has 3 rings (SSSR count). The number of aromatic nitrogens is 2. The number of hydrogen-bond acceptors (Lipinski definition) is 8. The van der Waals surface area contributed by atoms with Crippen LogP contribution in [0, 0.1) is 24.0 Å². The maximum atomic E-state index is 11.9. The predicted octanol–water partition coefficient (Wildman–Crippen LogP) is 3.38. The van der Waals surface area contributed by atoms with E-state index in [1.54, 1.807) is 6.92 Å². The Kier molecular flexibility index (Phi) is 6.71. The lowest BCUT2D eigenvalue weighted by Crippen LogP contribution is -2.21. The second-order valence-electron chi connectivity index (χ2n) is 6.84. The quantitative estimate of drug-likeness (QED) is 0.330. The molecule has 0 atom stereocenters. The molecule has 0 spiro atoms. The number of benzene rings is 2. The normalized spacial score (nSPS) is 10.5. The maximum Gasteiger partial charge on any atom is 0.306 e. The Hall–Kier alpha value is -4.08. The summed E-state index contributed by atoms with van der Waals surface area (Å²) in [7, 11) is 0. The summed E-state index contributed by atoms with van der Waals surface area (Å²) in [5, 5.41) is 17.3. The van der Waals surface area contributed by atoms with E-state index in [0.29, 0.717) is 11.4 Å². The van der Waals surface area contributed by atoms with Crippen molar-refractivity contribution >= 4 is 23.3 Å². The van der Waals surface area contributed by atoms with Crippen LogP contribution in [0.4, 0.5) is 11.4 Å². The number of rotatable bonds is 8. The summed E-state index contributed by atoms with van der Waals surface area (Å²) >= 11 is 0. The van der Waals surface area contributed by atoms with Crippen molar-refractivity contribution in [3.63, 3.8) is 0 Å². The number of aryl methyl sites for hydroxylation is 3. The third-order valence-electron chi connectivity index (χ3n) is 4.37. The van der Waals surface area contributed by atoms with E-state index < -0.39 is 23.4 Å². The second kappa shape index (κ2) is 9.61. The van der Waals surface area contributed by atoms with Crippen molar-refractivity contribution in [2.75, 3.05) is 11.9 Å². The van der Waals surface area contributed by atoms with Gasteiger partial charge in [0.25, 0.3) is 11.6 Å². The average molecular weight is 424 g/mol. The summed E-state index contributed by atoms with van der Waals surface area (Å²) < 4.78 is 10.1. The monoisotopic (exact) mass is 424 g/mol. The highest BCUT2D eigenvalue weighted by atomic mass is 16.6. The highest BCUT2D eigenvalue weighted by Gasteiger charge is 2.15. The van der Waals surface area contributed by atoms with Gasteiger partial charge in [-0.2, -0.15) is 4.98 Å². The Labute approximate surface area is 177 Å². The predicted molar refractivity (Wildman–Crippen MR) is 110 cm³/mol. The fourth-order valence-electron chi connectivity index (χ4n) is 2.68. The minimum atomic E-state index is -0.611. The van der Waals surface area contributed by atoms with Crippen molar-refractivity contribution in [2.45, 2.75) is 26.7 Å². The molecule has 0 unspecified atom stereocenters. The summed E-state index contributed by atoms with van der Waals surface area (Å²) in [4.78, 5) is 38.5. The first-order valence-electron chi connectivity index (χ1n) is 9.42. The molecule has 1 N–H and O–H groups in total. The van der Waals surface area contributed by atoms with E-state index in [-0.39, 0.29) is 30.1 Å². The fraction of sp³-hybridized carbons (Fsp3) is 0.238. The third-order valence-corrected chi connectivity index (χ3v) is 4.37. The largest absolute Gasteiger partial charge is 0.456 e. The Morgan fingerprint density at radius 2 is 1.90 bits per heavy atom. The van der Waals surface area contributed by atoms with Crippen LogP contribution >= 0.6 is 0 Å². The van der Waals surface area contributed by atoms with E-state index >= 15 is 0 Å². The molecule has 3 aromatic rings. The summed E-state index contributed by atoms with van der Waals surface area (Å²) in [6, 6.07) is 11.9. The van der Waals surface area contributed by atoms with E-state index in [2.05, 4.69) is 15.5 Å². The molecule has 10 heteroatoms. The number of nitrogens with one attached hydrogen (secondary N) is 1. The molecule has 0 saturated carbocycles. The zero-order valence-corrected chi connectivity index (χ0v) is 17.0. The molecule has 0 aliphatic rings. The van der Waals surface area contributed by atoms with Crippen molar-refractivity contribution < 1.29 is 23.8 Å². The number of hydrogen-bond donors (Lipinski definition) is 1. The van der Waals surface area contributed by atoms with E-state index in [1.165, 1.54) is 18.2 Å². The molecule has 1 amide bonds. The fourth-order valence-corrected chi connectivity index (χ4v) is 2.68. The SMILES string of the molecule is Cc1ccc(-c2noc(CCC(=O)OCC(=O)Nc3ccc(C)c([N+](=O)[O-])c3)n2)cc1. The van der Waals surface area contributed by atoms with E-state index in [9.17, 15) is 19.7 Å². The number of amides is 1. The molecule has 160 valence electrons. The van der Waals surface area contributed by atoms with Crippen LogP contribution in [0.15, 0.2) is 47.0 Å². The maximum absolute atomic E-state index is 11.9. The smallest absolute Gasteiger partial charge is 0.306 e. The molecule has 0 bridgehead atoms. The van der Waals surface area contributed by atoms with Gasteiger partial charge in [-0.3, -0.25) is 19.7 Å². The lowest BCUT2D eigenvalue weighted by Gasteiger charge is -2.07. The number of esters is 1. The molecule has 0 aliphatic carbocycles. The van der Waals surface area contributed by atoms with Gasteiger partial charge in [0.1, 0.15) is 0 Å². The minimum Gasteiger partial charge on any atom is -0.456 e. The highest BCUT2D eigenvalue weighted by Crippen LogP contribution is 2.22. The molecule has 0 saturated heterocycles. The number of nitrogens with zero attached hydrogens (tertiary/aromatic N) is 3. The molecule has 2 aromatic carbocycles. The van der Waals surface area contributed by atoms with Gasteiger partial charge in [-0.15, -0.1) is 0 Å². The number of nitro groups is 1. The van der Waals surface area contributed by atoms with Crippen LogP contribution in [0.2, 0.25) is 0 Å². The van der Waals surface area contributed by atoms with Gasteiger partial charge >= 0.3 is 5.97 Å². The average Bonchev–Trinajstić information content (AvgIpc) is 3.21. The minimum absolute atomic E-state index is 0.0428. The lowest BCUT2D eigenvalue weighted by molar-refractivity contribution is -0.385. The van der Waals surface area contributed by atoms with E-state index in [4.69, 9.17) is 9.26 Å².